The van der Waals surface area contributed by atoms with E-state index in [1.807, 2.05) is 12.1 Å². The predicted molar refractivity (Wildman–Crippen MR) is 68.4 cm³/mol. The molecule has 18 heavy (non-hydrogen) atoms. The molecule has 0 amide bonds. The first-order valence-electron chi connectivity index (χ1n) is 5.76. The largest absolute Gasteiger partial charge is 0.459 e. The van der Waals surface area contributed by atoms with E-state index in [0.717, 1.165) is 0 Å². The number of ether oxygens (including phenoxy) is 1. The summed E-state index contributed by atoms with van der Waals surface area (Å²) in [5.74, 6) is -0.422. The number of carbonyl (C=O) groups excluding carboxylic acids is 1. The zero-order valence-electron chi connectivity index (χ0n) is 10.7. The summed E-state index contributed by atoms with van der Waals surface area (Å²) in [6.45, 7) is 5.30. The maximum absolute atomic E-state index is 11.7. The van der Waals surface area contributed by atoms with Gasteiger partial charge in [-0.15, -0.1) is 0 Å². The lowest BCUT2D eigenvalue weighted by Crippen LogP contribution is -2.29. The van der Waals surface area contributed by atoms with Crippen LogP contribution in [0.4, 0.5) is 0 Å². The second kappa shape index (κ2) is 4.33. The molecule has 0 spiro atoms. The smallest absolute Gasteiger partial charge is 0.327 e. The highest BCUT2D eigenvalue weighted by Crippen LogP contribution is 2.11. The van der Waals surface area contributed by atoms with Gasteiger partial charge in [0.05, 0.1) is 11.0 Å². The number of hydrogen-bond donors (Lipinski definition) is 1. The third-order valence-electron chi connectivity index (χ3n) is 2.39. The Hall–Kier alpha value is -2.04. The predicted octanol–water partition coefficient (Wildman–Crippen LogP) is 1.67. The van der Waals surface area contributed by atoms with Crippen LogP contribution in [0.15, 0.2) is 29.1 Å². The molecule has 0 atom stereocenters. The molecule has 1 aromatic carbocycles. The number of benzene rings is 1. The lowest BCUT2D eigenvalue weighted by molar-refractivity contribution is -0.155. The Morgan fingerprint density at radius 1 is 1.33 bits per heavy atom. The molecular formula is C13H16N2O3. The van der Waals surface area contributed by atoms with Crippen molar-refractivity contribution in [2.45, 2.75) is 32.9 Å². The Labute approximate surface area is 104 Å². The minimum atomic E-state index is -0.549. The zero-order valence-corrected chi connectivity index (χ0v) is 10.7. The highest BCUT2D eigenvalue weighted by molar-refractivity contribution is 5.78. The number of hydrogen-bond acceptors (Lipinski definition) is 3. The first kappa shape index (κ1) is 12.4. The molecule has 96 valence electrons. The van der Waals surface area contributed by atoms with Crippen molar-refractivity contribution in [3.63, 3.8) is 0 Å². The number of aromatic nitrogens is 2. The number of aromatic amines is 1. The minimum absolute atomic E-state index is 0.0832. The first-order chi connectivity index (χ1) is 8.37. The van der Waals surface area contributed by atoms with Gasteiger partial charge >= 0.3 is 11.7 Å². The van der Waals surface area contributed by atoms with E-state index >= 15 is 0 Å². The van der Waals surface area contributed by atoms with Crippen LogP contribution in [0.25, 0.3) is 11.0 Å². The molecule has 0 unspecified atom stereocenters. The molecule has 2 aromatic rings. The molecule has 5 nitrogen and oxygen atoms in total. The van der Waals surface area contributed by atoms with E-state index in [9.17, 15) is 9.59 Å². The van der Waals surface area contributed by atoms with Crippen LogP contribution < -0.4 is 5.69 Å². The summed E-state index contributed by atoms with van der Waals surface area (Å²) in [4.78, 5) is 26.2. The highest BCUT2D eigenvalue weighted by atomic mass is 16.6. The first-order valence-corrected chi connectivity index (χ1v) is 5.76. The maximum Gasteiger partial charge on any atom is 0.327 e. The van der Waals surface area contributed by atoms with Gasteiger partial charge in [-0.25, -0.2) is 4.79 Å². The van der Waals surface area contributed by atoms with Crippen molar-refractivity contribution in [3.05, 3.63) is 34.7 Å². The van der Waals surface area contributed by atoms with Crippen molar-refractivity contribution in [1.29, 1.82) is 0 Å². The fraction of sp³-hybridized carbons (Fsp3) is 0.385. The van der Waals surface area contributed by atoms with Gasteiger partial charge in [-0.2, -0.15) is 0 Å². The van der Waals surface area contributed by atoms with E-state index < -0.39 is 11.6 Å². The van der Waals surface area contributed by atoms with E-state index in [0.29, 0.717) is 11.0 Å². The normalized spacial score (nSPS) is 11.7. The molecule has 0 aliphatic rings. The van der Waals surface area contributed by atoms with Crippen LogP contribution in [0.1, 0.15) is 20.8 Å². The number of imidazole rings is 1. The van der Waals surface area contributed by atoms with Crippen LogP contribution in [-0.4, -0.2) is 21.1 Å². The third kappa shape index (κ3) is 2.61. The zero-order chi connectivity index (χ0) is 13.3. The highest BCUT2D eigenvalue weighted by Gasteiger charge is 2.18. The molecule has 1 N–H and O–H groups in total. The number of para-hydroxylation sites is 2. The van der Waals surface area contributed by atoms with Gasteiger partial charge in [-0.05, 0) is 32.9 Å². The SMILES string of the molecule is CC(C)(C)OC(=O)Cn1c(=O)[nH]c2ccccc21. The number of carbonyl (C=O) groups is 1. The van der Waals surface area contributed by atoms with Crippen LogP contribution in [0.5, 0.6) is 0 Å². The van der Waals surface area contributed by atoms with Gasteiger partial charge in [-0.1, -0.05) is 12.1 Å². The number of nitrogens with one attached hydrogen (secondary N) is 1. The fourth-order valence-corrected chi connectivity index (χ4v) is 1.77. The summed E-state index contributed by atoms with van der Waals surface area (Å²) in [5.41, 5.74) is 0.564. The Bertz CT molecular complexity index is 631. The standard InChI is InChI=1S/C13H16N2O3/c1-13(2,3)18-11(16)8-15-10-7-5-4-6-9(10)14-12(15)17/h4-7H,8H2,1-3H3,(H,14,17). The van der Waals surface area contributed by atoms with Gasteiger partial charge in [0.25, 0.3) is 0 Å². The Balaban J connectivity index is 2.30. The number of rotatable bonds is 2. The summed E-state index contributed by atoms with van der Waals surface area (Å²) in [5, 5.41) is 0. The second-order valence-electron chi connectivity index (χ2n) is 5.12. The number of nitrogens with zero attached hydrogens (tertiary/aromatic N) is 1. The molecule has 0 saturated heterocycles. The second-order valence-corrected chi connectivity index (χ2v) is 5.12. The summed E-state index contributed by atoms with van der Waals surface area (Å²) < 4.78 is 6.58. The lowest BCUT2D eigenvalue weighted by atomic mass is 10.2. The summed E-state index contributed by atoms with van der Waals surface area (Å²) >= 11 is 0. The summed E-state index contributed by atoms with van der Waals surface area (Å²) in [7, 11) is 0. The third-order valence-corrected chi connectivity index (χ3v) is 2.39. The molecule has 0 aliphatic carbocycles. The monoisotopic (exact) mass is 248 g/mol. The molecular weight excluding hydrogens is 232 g/mol. The van der Waals surface area contributed by atoms with Gasteiger partial charge in [0.1, 0.15) is 12.1 Å². The van der Waals surface area contributed by atoms with E-state index in [1.165, 1.54) is 4.57 Å². The quantitative estimate of drug-likeness (QED) is 0.822. The van der Waals surface area contributed by atoms with Crippen molar-refractivity contribution in [2.75, 3.05) is 0 Å². The fourth-order valence-electron chi connectivity index (χ4n) is 1.77. The van der Waals surface area contributed by atoms with Gasteiger partial charge in [-0.3, -0.25) is 9.36 Å². The van der Waals surface area contributed by atoms with Crippen LogP contribution in [0, 0.1) is 0 Å². The summed E-state index contributed by atoms with van der Waals surface area (Å²) in [6.07, 6.45) is 0. The van der Waals surface area contributed by atoms with Crippen molar-refractivity contribution < 1.29 is 9.53 Å². The number of H-pyrrole nitrogens is 1. The topological polar surface area (TPSA) is 64.1 Å². The van der Waals surface area contributed by atoms with Gasteiger partial charge in [0.15, 0.2) is 0 Å². The van der Waals surface area contributed by atoms with Crippen molar-refractivity contribution in [3.8, 4) is 0 Å². The van der Waals surface area contributed by atoms with Crippen LogP contribution >= 0.6 is 0 Å². The summed E-state index contributed by atoms with van der Waals surface area (Å²) in [6, 6.07) is 7.23. The molecule has 5 heteroatoms. The van der Waals surface area contributed by atoms with Crippen molar-refractivity contribution >= 4 is 17.0 Å². The lowest BCUT2D eigenvalue weighted by Gasteiger charge is -2.19. The Morgan fingerprint density at radius 3 is 2.67 bits per heavy atom. The van der Waals surface area contributed by atoms with Gasteiger partial charge in [0.2, 0.25) is 0 Å². The van der Waals surface area contributed by atoms with E-state index in [2.05, 4.69) is 4.98 Å². The number of esters is 1. The minimum Gasteiger partial charge on any atom is -0.459 e. The van der Waals surface area contributed by atoms with Crippen LogP contribution in [-0.2, 0) is 16.1 Å². The molecule has 0 fully saturated rings. The average molecular weight is 248 g/mol. The van der Waals surface area contributed by atoms with E-state index in [4.69, 9.17) is 4.74 Å². The molecule has 1 aromatic heterocycles. The van der Waals surface area contributed by atoms with Crippen molar-refractivity contribution in [1.82, 2.24) is 9.55 Å². The number of fused-ring (bicyclic) bond motifs is 1. The molecule has 0 aliphatic heterocycles. The van der Waals surface area contributed by atoms with Crippen LogP contribution in [0.2, 0.25) is 0 Å². The Morgan fingerprint density at radius 2 is 2.00 bits per heavy atom. The van der Waals surface area contributed by atoms with Crippen LogP contribution in [0.3, 0.4) is 0 Å². The molecule has 0 radical (unpaired) electrons. The average Bonchev–Trinajstić information content (AvgIpc) is 2.53. The van der Waals surface area contributed by atoms with Gasteiger partial charge in [0, 0.05) is 0 Å². The Kier molecular flexibility index (Phi) is 2.98. The molecule has 2 rings (SSSR count). The maximum atomic E-state index is 11.7. The van der Waals surface area contributed by atoms with Crippen molar-refractivity contribution in [2.24, 2.45) is 0 Å². The molecule has 0 bridgehead atoms. The van der Waals surface area contributed by atoms with E-state index in [-0.39, 0.29) is 12.2 Å². The molecule has 0 saturated carbocycles. The van der Waals surface area contributed by atoms with Gasteiger partial charge < -0.3 is 9.72 Å². The molecule has 1 heterocycles. The van der Waals surface area contributed by atoms with E-state index in [1.54, 1.807) is 32.9 Å².